The van der Waals surface area contributed by atoms with Crippen molar-refractivity contribution in [2.24, 2.45) is 0 Å². The molecule has 0 aliphatic carbocycles. The van der Waals surface area contributed by atoms with E-state index in [0.29, 0.717) is 0 Å². The Morgan fingerprint density at radius 2 is 1.35 bits per heavy atom. The second-order valence-electron chi connectivity index (χ2n) is 5.90. The molecule has 0 amide bonds. The van der Waals surface area contributed by atoms with Crippen LogP contribution in [0, 0.1) is 0 Å². The molecule has 1 fully saturated rings. The minimum Gasteiger partial charge on any atom is -0.368 e. The van der Waals surface area contributed by atoms with Crippen LogP contribution in [0.3, 0.4) is 0 Å². The molecule has 3 rings (SSSR count). The largest absolute Gasteiger partial charge is 0.368 e. The molecule has 0 aromatic heterocycles. The number of nitrogens with zero attached hydrogens (tertiary/aromatic N) is 2. The third-order valence-electron chi connectivity index (χ3n) is 4.32. The number of hydrogen-bond donors (Lipinski definition) is 0. The molecule has 0 N–H and O–H groups in total. The van der Waals surface area contributed by atoms with E-state index in [0.717, 1.165) is 54.9 Å². The molecule has 1 heterocycles. The molecule has 23 heavy (non-hydrogen) atoms. The first-order valence-electron chi connectivity index (χ1n) is 8.03. The van der Waals surface area contributed by atoms with Gasteiger partial charge in [0.05, 0.1) is 5.70 Å². The molecule has 3 heteroatoms. The molecule has 1 aliphatic rings. The van der Waals surface area contributed by atoms with Crippen molar-refractivity contribution in [3.63, 3.8) is 0 Å². The lowest BCUT2D eigenvalue weighted by atomic mass is 9.99. The summed E-state index contributed by atoms with van der Waals surface area (Å²) >= 11 is 0. The average Bonchev–Trinajstić information content (AvgIpc) is 2.62. The van der Waals surface area contributed by atoms with Crippen molar-refractivity contribution in [3.8, 4) is 0 Å². The van der Waals surface area contributed by atoms with Gasteiger partial charge in [-0.1, -0.05) is 60.7 Å². The van der Waals surface area contributed by atoms with E-state index in [-0.39, 0.29) is 0 Å². The molecular formula is C20H22N2O. The van der Waals surface area contributed by atoms with Crippen LogP contribution in [0.5, 0.6) is 0 Å². The highest BCUT2D eigenvalue weighted by Crippen LogP contribution is 2.29. The number of likely N-dealkylation sites (N-methyl/N-ethyl adjacent to an activating group) is 1. The van der Waals surface area contributed by atoms with Crippen molar-refractivity contribution in [1.82, 2.24) is 9.80 Å². The summed E-state index contributed by atoms with van der Waals surface area (Å²) in [6.45, 7) is 3.89. The van der Waals surface area contributed by atoms with Crippen LogP contribution in [0.25, 0.3) is 11.3 Å². The quantitative estimate of drug-likeness (QED) is 0.493. The summed E-state index contributed by atoms with van der Waals surface area (Å²) in [6.07, 6.45) is 0.996. The molecule has 0 unspecified atom stereocenters. The Morgan fingerprint density at radius 3 is 1.87 bits per heavy atom. The van der Waals surface area contributed by atoms with Gasteiger partial charge in [0.1, 0.15) is 0 Å². The van der Waals surface area contributed by atoms with E-state index in [1.54, 1.807) is 0 Å². The molecule has 1 saturated heterocycles. The zero-order valence-electron chi connectivity index (χ0n) is 13.5. The molecule has 0 atom stereocenters. The van der Waals surface area contributed by atoms with E-state index >= 15 is 0 Å². The van der Waals surface area contributed by atoms with Crippen LogP contribution in [0.15, 0.2) is 60.7 Å². The van der Waals surface area contributed by atoms with Gasteiger partial charge in [-0.3, -0.25) is 4.79 Å². The summed E-state index contributed by atoms with van der Waals surface area (Å²) in [5.74, 6) is 0. The van der Waals surface area contributed by atoms with Gasteiger partial charge in [0.15, 0.2) is 6.29 Å². The molecule has 2 aromatic carbocycles. The van der Waals surface area contributed by atoms with Crippen molar-refractivity contribution in [1.29, 1.82) is 0 Å². The summed E-state index contributed by atoms with van der Waals surface area (Å²) in [7, 11) is 2.14. The fourth-order valence-corrected chi connectivity index (χ4v) is 3.01. The first-order chi connectivity index (χ1) is 11.3. The Labute approximate surface area is 137 Å². The normalized spacial score (nSPS) is 16.8. The van der Waals surface area contributed by atoms with E-state index in [1.165, 1.54) is 0 Å². The zero-order chi connectivity index (χ0) is 16.1. The van der Waals surface area contributed by atoms with Gasteiger partial charge in [0.2, 0.25) is 0 Å². The van der Waals surface area contributed by atoms with Gasteiger partial charge >= 0.3 is 0 Å². The number of piperazine rings is 1. The first kappa shape index (κ1) is 15.5. The minimum absolute atomic E-state index is 0.765. The Kier molecular flexibility index (Phi) is 4.89. The highest BCUT2D eigenvalue weighted by atomic mass is 16.1. The predicted molar refractivity (Wildman–Crippen MR) is 94.8 cm³/mol. The Morgan fingerprint density at radius 1 is 0.826 bits per heavy atom. The number of hydrogen-bond acceptors (Lipinski definition) is 3. The molecule has 1 aliphatic heterocycles. The third-order valence-corrected chi connectivity index (χ3v) is 4.32. The fraction of sp³-hybridized carbons (Fsp3) is 0.250. The Hall–Kier alpha value is -2.39. The van der Waals surface area contributed by atoms with Crippen molar-refractivity contribution >= 4 is 17.6 Å². The number of allylic oxidation sites excluding steroid dienone is 1. The number of carbonyl (C=O) groups excluding carboxylic acids is 1. The molecule has 0 spiro atoms. The molecular weight excluding hydrogens is 284 g/mol. The van der Waals surface area contributed by atoms with E-state index in [2.05, 4.69) is 29.0 Å². The van der Waals surface area contributed by atoms with Gasteiger partial charge in [-0.2, -0.15) is 0 Å². The van der Waals surface area contributed by atoms with Gasteiger partial charge in [0.25, 0.3) is 0 Å². The Bertz CT molecular complexity index is 671. The van der Waals surface area contributed by atoms with Gasteiger partial charge in [0, 0.05) is 31.8 Å². The van der Waals surface area contributed by atoms with Crippen LogP contribution in [-0.4, -0.2) is 49.3 Å². The van der Waals surface area contributed by atoms with E-state index in [1.807, 2.05) is 48.5 Å². The van der Waals surface area contributed by atoms with Crippen LogP contribution in [0.4, 0.5) is 0 Å². The first-order valence-corrected chi connectivity index (χ1v) is 8.03. The summed E-state index contributed by atoms with van der Waals surface area (Å²) < 4.78 is 0. The molecule has 0 saturated carbocycles. The van der Waals surface area contributed by atoms with Gasteiger partial charge in [-0.15, -0.1) is 0 Å². The third kappa shape index (κ3) is 3.51. The van der Waals surface area contributed by atoms with Crippen molar-refractivity contribution in [2.45, 2.75) is 0 Å². The van der Waals surface area contributed by atoms with Gasteiger partial charge in [-0.25, -0.2) is 0 Å². The molecule has 0 radical (unpaired) electrons. The Balaban J connectivity index is 2.10. The second kappa shape index (κ2) is 7.25. The van der Waals surface area contributed by atoms with Crippen LogP contribution >= 0.6 is 0 Å². The minimum atomic E-state index is 0.765. The number of benzene rings is 2. The fourth-order valence-electron chi connectivity index (χ4n) is 3.01. The van der Waals surface area contributed by atoms with Crippen LogP contribution in [0.2, 0.25) is 0 Å². The number of aldehydes is 1. The molecule has 3 nitrogen and oxygen atoms in total. The number of rotatable bonds is 4. The summed E-state index contributed by atoms with van der Waals surface area (Å²) in [5.41, 5.74) is 3.88. The average molecular weight is 306 g/mol. The van der Waals surface area contributed by atoms with E-state index in [4.69, 9.17) is 0 Å². The molecule has 0 bridgehead atoms. The summed E-state index contributed by atoms with van der Waals surface area (Å²) in [5, 5.41) is 0. The molecule has 118 valence electrons. The zero-order valence-corrected chi connectivity index (χ0v) is 13.5. The predicted octanol–water partition coefficient (Wildman–Crippen LogP) is 3.00. The second-order valence-corrected chi connectivity index (χ2v) is 5.90. The van der Waals surface area contributed by atoms with Crippen LogP contribution < -0.4 is 0 Å². The van der Waals surface area contributed by atoms with Crippen LogP contribution in [-0.2, 0) is 4.79 Å². The van der Waals surface area contributed by atoms with Crippen molar-refractivity contribution in [3.05, 3.63) is 71.8 Å². The maximum Gasteiger partial charge on any atom is 0.152 e. The number of carbonyl (C=O) groups is 1. The smallest absolute Gasteiger partial charge is 0.152 e. The summed E-state index contributed by atoms with van der Waals surface area (Å²) in [4.78, 5) is 16.6. The lowest BCUT2D eigenvalue weighted by Crippen LogP contribution is -2.43. The lowest BCUT2D eigenvalue weighted by Gasteiger charge is -2.36. The highest BCUT2D eigenvalue weighted by Gasteiger charge is 2.21. The summed E-state index contributed by atoms with van der Waals surface area (Å²) in [6, 6.07) is 20.2. The van der Waals surface area contributed by atoms with Crippen LogP contribution in [0.1, 0.15) is 11.1 Å². The monoisotopic (exact) mass is 306 g/mol. The topological polar surface area (TPSA) is 23.6 Å². The van der Waals surface area contributed by atoms with E-state index in [9.17, 15) is 4.79 Å². The maximum atomic E-state index is 11.9. The SMILES string of the molecule is CN1CCN(C(=C(C=O)c2ccccc2)c2ccccc2)CC1. The van der Waals surface area contributed by atoms with Crippen molar-refractivity contribution in [2.75, 3.05) is 33.2 Å². The van der Waals surface area contributed by atoms with Crippen molar-refractivity contribution < 1.29 is 4.79 Å². The van der Waals surface area contributed by atoms with E-state index < -0.39 is 0 Å². The maximum absolute atomic E-state index is 11.9. The standard InChI is InChI=1S/C20H22N2O/c1-21-12-14-22(15-13-21)20(18-10-6-3-7-11-18)19(16-23)17-8-4-2-5-9-17/h2-11,16H,12-15H2,1H3. The molecule has 2 aromatic rings. The highest BCUT2D eigenvalue weighted by molar-refractivity contribution is 6.16. The van der Waals surface area contributed by atoms with Gasteiger partial charge < -0.3 is 9.80 Å². The lowest BCUT2D eigenvalue weighted by molar-refractivity contribution is -0.103. The van der Waals surface area contributed by atoms with Gasteiger partial charge in [-0.05, 0) is 18.2 Å².